The smallest absolute Gasteiger partial charge is 0.211 e. The van der Waals surface area contributed by atoms with Crippen LogP contribution in [0.1, 0.15) is 82.9 Å². The zero-order valence-corrected chi connectivity index (χ0v) is 12.9. The summed E-state index contributed by atoms with van der Waals surface area (Å²) in [6, 6.07) is 0.221. The van der Waals surface area contributed by atoms with E-state index in [4.69, 9.17) is 4.42 Å². The number of hydrogen-bond donors (Lipinski definition) is 1. The molecule has 19 heavy (non-hydrogen) atoms. The molecular formula is C16H30N2O. The molecule has 0 spiro atoms. The van der Waals surface area contributed by atoms with Crippen LogP contribution < -0.4 is 5.32 Å². The van der Waals surface area contributed by atoms with Gasteiger partial charge in [-0.25, -0.2) is 4.98 Å². The number of rotatable bonds is 11. The van der Waals surface area contributed by atoms with Crippen LogP contribution in [0, 0.1) is 6.92 Å². The van der Waals surface area contributed by atoms with Crippen LogP contribution in [0.4, 0.5) is 0 Å². The number of hydrogen-bond acceptors (Lipinski definition) is 3. The average Bonchev–Trinajstić information content (AvgIpc) is 2.83. The summed E-state index contributed by atoms with van der Waals surface area (Å²) in [5, 5.41) is 3.47. The maximum atomic E-state index is 5.50. The summed E-state index contributed by atoms with van der Waals surface area (Å²) in [5.41, 5.74) is 0. The third-order valence-electron chi connectivity index (χ3n) is 3.49. The molecule has 0 saturated carbocycles. The second kappa shape index (κ2) is 10.0. The van der Waals surface area contributed by atoms with Crippen LogP contribution >= 0.6 is 0 Å². The van der Waals surface area contributed by atoms with Crippen LogP contribution in [0.25, 0.3) is 0 Å². The molecule has 1 N–H and O–H groups in total. The molecule has 0 aliphatic heterocycles. The SMILES string of the molecule is CCCCCCCCCCNC(C)c1ncc(C)o1. The van der Waals surface area contributed by atoms with E-state index in [0.29, 0.717) is 0 Å². The predicted molar refractivity (Wildman–Crippen MR) is 80.3 cm³/mol. The Balaban J connectivity index is 1.93. The van der Waals surface area contributed by atoms with Gasteiger partial charge in [0.15, 0.2) is 0 Å². The Morgan fingerprint density at radius 2 is 1.74 bits per heavy atom. The van der Waals surface area contributed by atoms with Gasteiger partial charge in [0, 0.05) is 0 Å². The predicted octanol–water partition coefficient (Wildman–Crippen LogP) is 4.77. The maximum Gasteiger partial charge on any atom is 0.211 e. The van der Waals surface area contributed by atoms with Crippen molar-refractivity contribution in [1.29, 1.82) is 0 Å². The van der Waals surface area contributed by atoms with E-state index in [1.165, 1.54) is 51.4 Å². The Labute approximate surface area is 118 Å². The lowest BCUT2D eigenvalue weighted by molar-refractivity contribution is 0.399. The van der Waals surface area contributed by atoms with Crippen molar-refractivity contribution in [3.63, 3.8) is 0 Å². The molecule has 0 bridgehead atoms. The van der Waals surface area contributed by atoms with Crippen LogP contribution in [-0.2, 0) is 0 Å². The minimum atomic E-state index is 0.221. The number of nitrogens with one attached hydrogen (secondary N) is 1. The largest absolute Gasteiger partial charge is 0.444 e. The van der Waals surface area contributed by atoms with E-state index in [1.807, 2.05) is 6.92 Å². The minimum Gasteiger partial charge on any atom is -0.444 e. The molecule has 3 heteroatoms. The Kier molecular flexibility index (Phi) is 8.55. The monoisotopic (exact) mass is 266 g/mol. The normalized spacial score (nSPS) is 12.8. The first kappa shape index (κ1) is 16.2. The highest BCUT2D eigenvalue weighted by atomic mass is 16.4. The molecule has 0 fully saturated rings. The second-order valence-electron chi connectivity index (χ2n) is 5.46. The highest BCUT2D eigenvalue weighted by Gasteiger charge is 2.09. The average molecular weight is 266 g/mol. The van der Waals surface area contributed by atoms with Gasteiger partial charge < -0.3 is 9.73 Å². The van der Waals surface area contributed by atoms with Crippen molar-refractivity contribution in [1.82, 2.24) is 10.3 Å². The molecule has 0 aliphatic carbocycles. The van der Waals surface area contributed by atoms with Crippen molar-refractivity contribution in [3.8, 4) is 0 Å². The van der Waals surface area contributed by atoms with Gasteiger partial charge in [0.2, 0.25) is 5.89 Å². The molecule has 1 aromatic rings. The van der Waals surface area contributed by atoms with Gasteiger partial charge in [0.05, 0.1) is 12.2 Å². The number of oxazole rings is 1. The number of aryl methyl sites for hydroxylation is 1. The van der Waals surface area contributed by atoms with Crippen LogP contribution in [-0.4, -0.2) is 11.5 Å². The lowest BCUT2D eigenvalue weighted by atomic mass is 10.1. The van der Waals surface area contributed by atoms with Crippen molar-refractivity contribution < 1.29 is 4.42 Å². The first-order valence-corrected chi connectivity index (χ1v) is 7.89. The van der Waals surface area contributed by atoms with E-state index >= 15 is 0 Å². The third-order valence-corrected chi connectivity index (χ3v) is 3.49. The van der Waals surface area contributed by atoms with Gasteiger partial charge in [0.1, 0.15) is 5.76 Å². The van der Waals surface area contributed by atoms with Crippen molar-refractivity contribution in [3.05, 3.63) is 17.8 Å². The summed E-state index contributed by atoms with van der Waals surface area (Å²) in [7, 11) is 0. The van der Waals surface area contributed by atoms with Gasteiger partial charge in [-0.3, -0.25) is 0 Å². The zero-order chi connectivity index (χ0) is 13.9. The topological polar surface area (TPSA) is 38.1 Å². The zero-order valence-electron chi connectivity index (χ0n) is 12.9. The van der Waals surface area contributed by atoms with E-state index in [1.54, 1.807) is 6.20 Å². The highest BCUT2D eigenvalue weighted by Crippen LogP contribution is 2.12. The van der Waals surface area contributed by atoms with Gasteiger partial charge >= 0.3 is 0 Å². The van der Waals surface area contributed by atoms with Crippen molar-refractivity contribution in [2.75, 3.05) is 6.54 Å². The second-order valence-corrected chi connectivity index (χ2v) is 5.46. The van der Waals surface area contributed by atoms with Gasteiger partial charge in [-0.1, -0.05) is 51.9 Å². The first-order chi connectivity index (χ1) is 9.24. The van der Waals surface area contributed by atoms with Crippen molar-refractivity contribution >= 4 is 0 Å². The molecule has 1 heterocycles. The summed E-state index contributed by atoms with van der Waals surface area (Å²) in [4.78, 5) is 4.24. The molecule has 0 saturated heterocycles. The van der Waals surface area contributed by atoms with Gasteiger partial charge in [-0.2, -0.15) is 0 Å². The lowest BCUT2D eigenvalue weighted by Gasteiger charge is -2.09. The fourth-order valence-electron chi connectivity index (χ4n) is 2.24. The molecular weight excluding hydrogens is 236 g/mol. The molecule has 0 aromatic carbocycles. The van der Waals surface area contributed by atoms with Crippen LogP contribution in [0.5, 0.6) is 0 Å². The quantitative estimate of drug-likeness (QED) is 0.586. The first-order valence-electron chi connectivity index (χ1n) is 7.89. The molecule has 1 aromatic heterocycles. The maximum absolute atomic E-state index is 5.50. The summed E-state index contributed by atoms with van der Waals surface area (Å²) in [6.07, 6.45) is 12.7. The molecule has 110 valence electrons. The Hall–Kier alpha value is -0.830. The summed E-state index contributed by atoms with van der Waals surface area (Å²) in [6.45, 7) is 7.36. The molecule has 3 nitrogen and oxygen atoms in total. The molecule has 0 radical (unpaired) electrons. The van der Waals surface area contributed by atoms with Gasteiger partial charge in [-0.15, -0.1) is 0 Å². The number of nitrogens with zero attached hydrogens (tertiary/aromatic N) is 1. The highest BCUT2D eigenvalue weighted by molar-refractivity contribution is 4.94. The molecule has 1 unspecified atom stereocenters. The van der Waals surface area contributed by atoms with E-state index in [-0.39, 0.29) is 6.04 Å². The van der Waals surface area contributed by atoms with Gasteiger partial charge in [-0.05, 0) is 26.8 Å². The Morgan fingerprint density at radius 1 is 1.11 bits per heavy atom. The molecule has 0 amide bonds. The van der Waals surface area contributed by atoms with E-state index < -0.39 is 0 Å². The standard InChI is InChI=1S/C16H30N2O/c1-4-5-6-7-8-9-10-11-12-17-15(3)16-18-13-14(2)19-16/h13,15,17H,4-12H2,1-3H3. The fraction of sp³-hybridized carbons (Fsp3) is 0.812. The Morgan fingerprint density at radius 3 is 2.32 bits per heavy atom. The van der Waals surface area contributed by atoms with E-state index in [0.717, 1.165) is 18.2 Å². The fourth-order valence-corrected chi connectivity index (χ4v) is 2.24. The molecule has 1 rings (SSSR count). The van der Waals surface area contributed by atoms with Crippen molar-refractivity contribution in [2.45, 2.75) is 78.2 Å². The number of unbranched alkanes of at least 4 members (excludes halogenated alkanes) is 7. The summed E-state index contributed by atoms with van der Waals surface area (Å²) < 4.78 is 5.50. The summed E-state index contributed by atoms with van der Waals surface area (Å²) >= 11 is 0. The van der Waals surface area contributed by atoms with Crippen molar-refractivity contribution in [2.24, 2.45) is 0 Å². The van der Waals surface area contributed by atoms with E-state index in [2.05, 4.69) is 24.1 Å². The molecule has 1 atom stereocenters. The Bertz CT molecular complexity index is 322. The number of aromatic nitrogens is 1. The van der Waals surface area contributed by atoms with Gasteiger partial charge in [0.25, 0.3) is 0 Å². The summed E-state index contributed by atoms with van der Waals surface area (Å²) in [5.74, 6) is 1.69. The minimum absolute atomic E-state index is 0.221. The van der Waals surface area contributed by atoms with Crippen LogP contribution in [0.3, 0.4) is 0 Å². The third kappa shape index (κ3) is 7.36. The van der Waals surface area contributed by atoms with Crippen LogP contribution in [0.15, 0.2) is 10.6 Å². The molecule has 0 aliphatic rings. The van der Waals surface area contributed by atoms with E-state index in [9.17, 15) is 0 Å². The van der Waals surface area contributed by atoms with Crippen LogP contribution in [0.2, 0.25) is 0 Å². The lowest BCUT2D eigenvalue weighted by Crippen LogP contribution is -2.20.